The van der Waals surface area contributed by atoms with Crippen LogP contribution in [0.4, 0.5) is 0 Å². The van der Waals surface area contributed by atoms with Gasteiger partial charge in [-0.1, -0.05) is 30.3 Å². The van der Waals surface area contributed by atoms with Gasteiger partial charge in [0.05, 0.1) is 0 Å². The highest BCUT2D eigenvalue weighted by atomic mass is 31.1. The molecule has 0 fully saturated rings. The number of hydrogen-bond acceptors (Lipinski definition) is 3. The van der Waals surface area contributed by atoms with Gasteiger partial charge in [-0.2, -0.15) is 4.52 Å². The number of aryl methyl sites for hydroxylation is 1. The minimum atomic E-state index is 0.0418. The van der Waals surface area contributed by atoms with Crippen LogP contribution in [0.2, 0.25) is 0 Å². The van der Waals surface area contributed by atoms with Gasteiger partial charge in [-0.25, -0.2) is 0 Å². The molecule has 3 nitrogen and oxygen atoms in total. The van der Waals surface area contributed by atoms with Crippen molar-refractivity contribution in [2.24, 2.45) is 4.52 Å². The Morgan fingerprint density at radius 3 is 2.58 bits per heavy atom. The summed E-state index contributed by atoms with van der Waals surface area (Å²) >= 11 is 0. The monoisotopic (exact) mass is 291 g/mol. The fourth-order valence-electron chi connectivity index (χ4n) is 1.47. The van der Waals surface area contributed by atoms with Gasteiger partial charge in [0.1, 0.15) is 11.5 Å². The molecule has 19 heavy (non-hydrogen) atoms. The number of para-hydroxylation sites is 1. The van der Waals surface area contributed by atoms with Gasteiger partial charge in [-0.3, -0.25) is 0 Å². The van der Waals surface area contributed by atoms with Gasteiger partial charge in [0.2, 0.25) is 17.6 Å². The SMILES string of the molecule is Cc1cccc(OPN=POc2ccccc2)c1C. The molecule has 0 amide bonds. The molecule has 1 unspecified atom stereocenters. The summed E-state index contributed by atoms with van der Waals surface area (Å²) in [7, 11) is 0.600. The predicted octanol–water partition coefficient (Wildman–Crippen LogP) is 5.31. The molecule has 0 aliphatic carbocycles. The largest absolute Gasteiger partial charge is 0.453 e. The maximum atomic E-state index is 5.63. The second kappa shape index (κ2) is 7.23. The summed E-state index contributed by atoms with van der Waals surface area (Å²) in [4.78, 5) is 0. The second-order valence-electron chi connectivity index (χ2n) is 3.98. The number of nitrogens with zero attached hydrogens (tertiary/aromatic N) is 1. The van der Waals surface area contributed by atoms with E-state index in [0.29, 0.717) is 8.60 Å². The average Bonchev–Trinajstić information content (AvgIpc) is 2.44. The maximum Gasteiger partial charge on any atom is 0.249 e. The van der Waals surface area contributed by atoms with Crippen molar-refractivity contribution in [2.45, 2.75) is 13.8 Å². The van der Waals surface area contributed by atoms with Crippen LogP contribution in [-0.4, -0.2) is 0 Å². The molecular formula is C14H15NO2P2. The highest BCUT2D eigenvalue weighted by molar-refractivity contribution is 7.39. The van der Waals surface area contributed by atoms with Crippen molar-refractivity contribution in [3.63, 3.8) is 0 Å². The lowest BCUT2D eigenvalue weighted by Crippen LogP contribution is -1.85. The smallest absolute Gasteiger partial charge is 0.249 e. The topological polar surface area (TPSA) is 30.8 Å². The minimum absolute atomic E-state index is 0.0418. The fourth-order valence-corrected chi connectivity index (χ4v) is 2.47. The van der Waals surface area contributed by atoms with E-state index in [1.54, 1.807) is 0 Å². The summed E-state index contributed by atoms with van der Waals surface area (Å²) in [6.07, 6.45) is 0. The van der Waals surface area contributed by atoms with E-state index in [-0.39, 0.29) is 8.96 Å². The predicted molar refractivity (Wildman–Crippen MR) is 81.3 cm³/mol. The fraction of sp³-hybridized carbons (Fsp3) is 0.143. The molecule has 0 heterocycles. The van der Waals surface area contributed by atoms with E-state index in [4.69, 9.17) is 9.05 Å². The zero-order chi connectivity index (χ0) is 13.5. The lowest BCUT2D eigenvalue weighted by molar-refractivity contribution is 0.621. The Morgan fingerprint density at radius 2 is 1.79 bits per heavy atom. The third-order valence-corrected chi connectivity index (χ3v) is 3.94. The van der Waals surface area contributed by atoms with Crippen LogP contribution in [0.15, 0.2) is 53.0 Å². The average molecular weight is 291 g/mol. The van der Waals surface area contributed by atoms with Crippen LogP contribution in [0.25, 0.3) is 0 Å². The Labute approximate surface area is 116 Å². The molecule has 5 heteroatoms. The summed E-state index contributed by atoms with van der Waals surface area (Å²) < 4.78 is 15.2. The zero-order valence-electron chi connectivity index (χ0n) is 10.8. The van der Waals surface area contributed by atoms with Crippen molar-refractivity contribution >= 4 is 17.6 Å². The molecule has 0 aliphatic heterocycles. The molecule has 0 aliphatic rings. The van der Waals surface area contributed by atoms with Crippen LogP contribution in [0.1, 0.15) is 11.1 Å². The van der Waals surface area contributed by atoms with Crippen LogP contribution in [-0.2, 0) is 0 Å². The van der Waals surface area contributed by atoms with Gasteiger partial charge in [0.15, 0.2) is 0 Å². The van der Waals surface area contributed by atoms with Crippen LogP contribution < -0.4 is 9.05 Å². The van der Waals surface area contributed by atoms with E-state index >= 15 is 0 Å². The Hall–Kier alpha value is -1.43. The van der Waals surface area contributed by atoms with E-state index in [0.717, 1.165) is 17.1 Å². The number of benzene rings is 2. The Bertz CT molecular complexity index is 559. The van der Waals surface area contributed by atoms with E-state index in [9.17, 15) is 0 Å². The minimum Gasteiger partial charge on any atom is -0.453 e. The third kappa shape index (κ3) is 4.31. The Balaban J connectivity index is 1.82. The van der Waals surface area contributed by atoms with Crippen molar-refractivity contribution in [3.8, 4) is 11.5 Å². The lowest BCUT2D eigenvalue weighted by atomic mass is 10.1. The third-order valence-electron chi connectivity index (χ3n) is 2.68. The Morgan fingerprint density at radius 1 is 1.00 bits per heavy atom. The summed E-state index contributed by atoms with van der Waals surface area (Å²) in [6, 6.07) is 15.6. The van der Waals surface area contributed by atoms with E-state index in [1.165, 1.54) is 5.56 Å². The number of hydrogen-bond donors (Lipinski definition) is 0. The summed E-state index contributed by atoms with van der Waals surface area (Å²) in [5, 5.41) is 0. The van der Waals surface area contributed by atoms with Gasteiger partial charge in [0, 0.05) is 0 Å². The van der Waals surface area contributed by atoms with Crippen molar-refractivity contribution in [2.75, 3.05) is 0 Å². The van der Waals surface area contributed by atoms with Crippen LogP contribution in [0, 0.1) is 13.8 Å². The van der Waals surface area contributed by atoms with Crippen LogP contribution >= 0.6 is 17.6 Å². The standard InChI is InChI=1S/C14H15NO2P2/c1-11-7-6-10-14(12(11)2)17-19-15-18-16-13-8-4-3-5-9-13/h3-10,19H,1-2H3. The van der Waals surface area contributed by atoms with Crippen LogP contribution in [0.3, 0.4) is 0 Å². The van der Waals surface area contributed by atoms with Crippen molar-refractivity contribution in [1.29, 1.82) is 0 Å². The molecule has 2 rings (SSSR count). The zero-order valence-corrected chi connectivity index (χ0v) is 12.7. The first-order chi connectivity index (χ1) is 9.27. The van der Waals surface area contributed by atoms with Gasteiger partial charge >= 0.3 is 0 Å². The quantitative estimate of drug-likeness (QED) is 0.698. The summed E-state index contributed by atoms with van der Waals surface area (Å²) in [6.45, 7) is 4.12. The normalized spacial score (nSPS) is 11.3. The van der Waals surface area contributed by atoms with E-state index < -0.39 is 0 Å². The Kier molecular flexibility index (Phi) is 5.32. The second-order valence-corrected chi connectivity index (χ2v) is 5.51. The molecule has 1 atom stereocenters. The molecule has 0 saturated carbocycles. The molecule has 0 radical (unpaired) electrons. The van der Waals surface area contributed by atoms with E-state index in [2.05, 4.69) is 17.5 Å². The summed E-state index contributed by atoms with van der Waals surface area (Å²) in [5.74, 6) is 1.70. The van der Waals surface area contributed by atoms with Gasteiger partial charge in [-0.05, 0) is 43.2 Å². The molecular weight excluding hydrogens is 276 g/mol. The molecule has 0 bridgehead atoms. The molecule has 98 valence electrons. The van der Waals surface area contributed by atoms with Gasteiger partial charge < -0.3 is 9.05 Å². The van der Waals surface area contributed by atoms with Crippen molar-refractivity contribution < 1.29 is 9.05 Å². The van der Waals surface area contributed by atoms with Gasteiger partial charge in [-0.15, -0.1) is 0 Å². The molecule has 0 aromatic heterocycles. The highest BCUT2D eigenvalue weighted by Gasteiger charge is 2.00. The molecule has 0 spiro atoms. The summed E-state index contributed by atoms with van der Waals surface area (Å²) in [5.41, 5.74) is 2.38. The maximum absolute atomic E-state index is 5.63. The molecule has 0 N–H and O–H groups in total. The highest BCUT2D eigenvalue weighted by Crippen LogP contribution is 2.29. The van der Waals surface area contributed by atoms with E-state index in [1.807, 2.05) is 49.4 Å². The first kappa shape index (κ1) is 14.0. The van der Waals surface area contributed by atoms with Crippen molar-refractivity contribution in [3.05, 3.63) is 59.7 Å². The first-order valence-corrected chi connectivity index (χ1v) is 7.49. The number of rotatable bonds is 5. The first-order valence-electron chi connectivity index (χ1n) is 5.87. The van der Waals surface area contributed by atoms with Crippen LogP contribution in [0.5, 0.6) is 11.5 Å². The molecule has 2 aromatic carbocycles. The molecule has 2 aromatic rings. The van der Waals surface area contributed by atoms with Gasteiger partial charge in [0.25, 0.3) is 0 Å². The van der Waals surface area contributed by atoms with Crippen molar-refractivity contribution in [1.82, 2.24) is 0 Å². The molecule has 0 saturated heterocycles. The lowest BCUT2D eigenvalue weighted by Gasteiger charge is -2.07.